The highest BCUT2D eigenvalue weighted by molar-refractivity contribution is 5.81. The maximum absolute atomic E-state index is 11.3. The molecule has 2 aromatic rings. The predicted octanol–water partition coefficient (Wildman–Crippen LogP) is 7.47. The summed E-state index contributed by atoms with van der Waals surface area (Å²) in [5.74, 6) is 0. The molecule has 50 heavy (non-hydrogen) atoms. The number of halogens is 1. The number of hydrogen-bond acceptors (Lipinski definition) is 7. The Labute approximate surface area is 305 Å². The Morgan fingerprint density at radius 2 is 1.52 bits per heavy atom. The van der Waals surface area contributed by atoms with Gasteiger partial charge in [0.1, 0.15) is 6.79 Å². The lowest BCUT2D eigenvalue weighted by molar-refractivity contribution is -0.266. The third-order valence-corrected chi connectivity index (χ3v) is 6.44. The zero-order chi connectivity index (χ0) is 39.9. The minimum absolute atomic E-state index is 0.250. The van der Waals surface area contributed by atoms with Gasteiger partial charge in [0.25, 0.3) is 0 Å². The first-order valence-corrected chi connectivity index (χ1v) is 17.4. The van der Waals surface area contributed by atoms with Crippen LogP contribution in [0.3, 0.4) is 0 Å². The summed E-state index contributed by atoms with van der Waals surface area (Å²) in [6, 6.07) is 13.7. The number of amides is 1. The van der Waals surface area contributed by atoms with E-state index in [0.717, 1.165) is 32.5 Å². The number of ether oxygens (including phenoxy) is 1. The second-order valence-electron chi connectivity index (χ2n) is 10.4. The van der Waals surface area contributed by atoms with Crippen LogP contribution in [0.4, 0.5) is 10.2 Å². The zero-order valence-corrected chi connectivity index (χ0v) is 33.8. The molecule has 0 aromatic heterocycles. The van der Waals surface area contributed by atoms with Crippen molar-refractivity contribution in [2.75, 3.05) is 45.2 Å². The number of nitrogens with zero attached hydrogens (tertiary/aromatic N) is 1. The lowest BCUT2D eigenvalue weighted by Gasteiger charge is -2.23. The average Bonchev–Trinajstić information content (AvgIpc) is 3.12. The van der Waals surface area contributed by atoms with Crippen LogP contribution in [0.25, 0.3) is 11.6 Å². The molecule has 0 fully saturated rings. The third-order valence-electron chi connectivity index (χ3n) is 6.44. The summed E-state index contributed by atoms with van der Waals surface area (Å²) in [6.07, 6.45) is 8.94. The monoisotopic (exact) mass is 705 g/mol. The van der Waals surface area contributed by atoms with Gasteiger partial charge < -0.3 is 31.2 Å². The number of allylic oxidation sites excluding steroid dienone is 3. The summed E-state index contributed by atoms with van der Waals surface area (Å²) in [6.45, 7) is 31.9. The van der Waals surface area contributed by atoms with Crippen molar-refractivity contribution in [2.45, 2.75) is 102 Å². The summed E-state index contributed by atoms with van der Waals surface area (Å²) in [5.41, 5.74) is 16.6. The van der Waals surface area contributed by atoms with E-state index in [1.807, 2.05) is 20.8 Å². The van der Waals surface area contributed by atoms with Gasteiger partial charge in [0.2, 0.25) is 6.41 Å². The normalized spacial score (nSPS) is 11.2. The molecule has 1 atom stereocenters. The number of benzene rings is 2. The molecule has 0 aliphatic rings. The number of nitrogens with two attached hydrogens (primary N) is 2. The van der Waals surface area contributed by atoms with Crippen molar-refractivity contribution >= 4 is 30.5 Å². The summed E-state index contributed by atoms with van der Waals surface area (Å²) in [5, 5.41) is 5.59. The molecule has 2 rings (SSSR count). The number of aryl methyl sites for hydroxylation is 2. The van der Waals surface area contributed by atoms with Gasteiger partial charge in [-0.05, 0) is 144 Å². The Morgan fingerprint density at radius 1 is 1.00 bits per heavy atom. The minimum atomic E-state index is -0.739. The highest BCUT2D eigenvalue weighted by Crippen LogP contribution is 2.27. The number of hydrogen-bond donors (Lipinski definition) is 3. The molecule has 0 bridgehead atoms. The molecule has 0 aliphatic heterocycles. The van der Waals surface area contributed by atoms with E-state index in [1.54, 1.807) is 6.08 Å². The van der Waals surface area contributed by atoms with E-state index >= 15 is 0 Å². The molecule has 288 valence electrons. The standard InChI is InChI=1S/C26H35N.C6H14FNO2.C3H8.C3H6.CH3NO.CH5N.CH2O/c1-8-12-22-13-15-24(20(6)17-22)26(19(5)9-2)25-16-14-23(18-21(25)7)27(10-3)11-4;1-6(10-7)9-5-3-4-8-2;2*1-3-2;2-1-3;2*1-2/h9,12-18H,8,10-11H2,1-7H3;6,8H,3-5H2,1-2H3;3H2,1-2H3;3H,1H2,2H3;1H,(H2,2,3);2H2,1H3;1H2/b19-9+,22-12-,26-24-;;;;;;. The average molecular weight is 705 g/mol. The van der Waals surface area contributed by atoms with Crippen LogP contribution >= 0.6 is 0 Å². The minimum Gasteiger partial charge on any atom is -0.372 e. The molecule has 0 heterocycles. The van der Waals surface area contributed by atoms with Crippen molar-refractivity contribution in [3.63, 3.8) is 0 Å². The summed E-state index contributed by atoms with van der Waals surface area (Å²) < 4.78 is 16.1. The zero-order valence-electron chi connectivity index (χ0n) is 33.8. The molecule has 8 nitrogen and oxygen atoms in total. The smallest absolute Gasteiger partial charge is 0.204 e. The lowest BCUT2D eigenvalue weighted by atomic mass is 9.91. The van der Waals surface area contributed by atoms with Crippen LogP contribution in [0.5, 0.6) is 0 Å². The van der Waals surface area contributed by atoms with Gasteiger partial charge in [0, 0.05) is 18.8 Å². The molecule has 1 amide bonds. The van der Waals surface area contributed by atoms with E-state index in [1.165, 1.54) is 64.4 Å². The summed E-state index contributed by atoms with van der Waals surface area (Å²) >= 11 is 0. The highest BCUT2D eigenvalue weighted by atomic mass is 19.3. The number of anilines is 1. The van der Waals surface area contributed by atoms with Gasteiger partial charge in [-0.2, -0.15) is 4.94 Å². The number of primary amides is 1. The first-order valence-electron chi connectivity index (χ1n) is 17.4. The van der Waals surface area contributed by atoms with Gasteiger partial charge in [-0.15, -0.1) is 6.58 Å². The van der Waals surface area contributed by atoms with Gasteiger partial charge in [0.15, 0.2) is 6.29 Å². The van der Waals surface area contributed by atoms with Crippen LogP contribution in [0.15, 0.2) is 60.7 Å². The van der Waals surface area contributed by atoms with Crippen molar-refractivity contribution < 1.29 is 23.8 Å². The number of carbonyl (C=O) groups excluding carboxylic acids is 2. The SMILES string of the molecule is C/C=C(C)/C(c1ccc(N(CC)CC)cc1C)=c1\cc/c(=C/CC)cc1C.C=CC.C=O.CCC.CN.CNCCCOC(C)OF.NC=O. The van der Waals surface area contributed by atoms with Gasteiger partial charge in [-0.25, -0.2) is 0 Å². The molecule has 5 N–H and O–H groups in total. The van der Waals surface area contributed by atoms with E-state index < -0.39 is 6.29 Å². The van der Waals surface area contributed by atoms with Gasteiger partial charge in [-0.3, -0.25) is 4.79 Å². The fourth-order valence-electron chi connectivity index (χ4n) is 4.28. The predicted molar refractivity (Wildman–Crippen MR) is 217 cm³/mol. The lowest BCUT2D eigenvalue weighted by Crippen LogP contribution is -2.22. The van der Waals surface area contributed by atoms with Crippen LogP contribution in [-0.2, 0) is 19.3 Å². The summed E-state index contributed by atoms with van der Waals surface area (Å²) in [4.78, 5) is 22.4. The number of carbonyl (C=O) groups is 2. The van der Waals surface area contributed by atoms with E-state index in [-0.39, 0.29) is 6.41 Å². The Morgan fingerprint density at radius 3 is 1.90 bits per heavy atom. The molecule has 0 spiro atoms. The van der Waals surface area contributed by atoms with Crippen molar-refractivity contribution in [3.05, 3.63) is 87.8 Å². The second-order valence-corrected chi connectivity index (χ2v) is 10.4. The molecular formula is C41H73FN4O4. The van der Waals surface area contributed by atoms with E-state index in [2.05, 4.69) is 144 Å². The maximum Gasteiger partial charge on any atom is 0.204 e. The molecular weight excluding hydrogens is 631 g/mol. The van der Waals surface area contributed by atoms with Crippen LogP contribution in [0.2, 0.25) is 0 Å². The quantitative estimate of drug-likeness (QED) is 0.0908. The Balaban J connectivity index is -0.000000242. The molecule has 0 saturated heterocycles. The third kappa shape index (κ3) is 27.2. The van der Waals surface area contributed by atoms with Crippen LogP contribution in [0.1, 0.15) is 98.3 Å². The Hall–Kier alpha value is -3.63. The van der Waals surface area contributed by atoms with Crippen LogP contribution < -0.4 is 32.1 Å². The first-order chi connectivity index (χ1) is 24.0. The maximum atomic E-state index is 11.3. The fraction of sp³-hybridized carbons (Fsp3) is 0.512. The molecule has 0 saturated carbocycles. The van der Waals surface area contributed by atoms with E-state index in [4.69, 9.17) is 14.3 Å². The van der Waals surface area contributed by atoms with Crippen molar-refractivity contribution in [1.29, 1.82) is 0 Å². The molecule has 0 radical (unpaired) electrons. The van der Waals surface area contributed by atoms with Crippen molar-refractivity contribution in [1.82, 2.24) is 5.32 Å². The molecule has 2 aromatic carbocycles. The number of nitrogens with one attached hydrogen (secondary N) is 1. The van der Waals surface area contributed by atoms with Crippen molar-refractivity contribution in [3.8, 4) is 0 Å². The van der Waals surface area contributed by atoms with E-state index in [0.29, 0.717) is 6.61 Å². The Kier molecular flexibility index (Phi) is 46.3. The Bertz CT molecular complexity index is 1230. The summed E-state index contributed by atoms with van der Waals surface area (Å²) in [7, 11) is 3.36. The largest absolute Gasteiger partial charge is 0.372 e. The molecule has 0 aliphatic carbocycles. The molecule has 1 unspecified atom stereocenters. The topological polar surface area (TPSA) is 120 Å². The van der Waals surface area contributed by atoms with Crippen molar-refractivity contribution in [2.24, 2.45) is 11.5 Å². The second kappa shape index (κ2) is 41.5. The van der Waals surface area contributed by atoms with Gasteiger partial charge in [0.05, 0.1) is 6.61 Å². The number of rotatable bonds is 12. The van der Waals surface area contributed by atoms with Gasteiger partial charge in [-0.1, -0.05) is 69.7 Å². The van der Waals surface area contributed by atoms with Crippen LogP contribution in [0, 0.1) is 13.8 Å². The fourth-order valence-corrected chi connectivity index (χ4v) is 4.28. The first kappa shape index (κ1) is 55.8. The highest BCUT2D eigenvalue weighted by Gasteiger charge is 2.12. The molecule has 9 heteroatoms. The van der Waals surface area contributed by atoms with Gasteiger partial charge >= 0.3 is 0 Å². The van der Waals surface area contributed by atoms with Crippen LogP contribution in [-0.4, -0.2) is 59.8 Å². The van der Waals surface area contributed by atoms with E-state index in [9.17, 15) is 4.53 Å².